The molecule has 0 unspecified atom stereocenters. The van der Waals surface area contributed by atoms with Gasteiger partial charge in [-0.25, -0.2) is 0 Å². The van der Waals surface area contributed by atoms with Crippen LogP contribution in [-0.4, -0.2) is 55.0 Å². The molecule has 50 valence electrons. The van der Waals surface area contributed by atoms with E-state index in [1.165, 1.54) is 0 Å². The second-order valence-electron chi connectivity index (χ2n) is 1.21. The van der Waals surface area contributed by atoms with Crippen molar-refractivity contribution in [2.24, 2.45) is 0 Å². The van der Waals surface area contributed by atoms with E-state index < -0.39 is 0 Å². The van der Waals surface area contributed by atoms with Gasteiger partial charge in [0.05, 0.1) is 0 Å². The summed E-state index contributed by atoms with van der Waals surface area (Å²) in [6.07, 6.45) is 0. The van der Waals surface area contributed by atoms with Gasteiger partial charge in [-0.15, -0.1) is 0 Å². The molecule has 0 aromatic heterocycles. The monoisotopic (exact) mass is 228 g/mol. The normalized spacial score (nSPS) is 9.75. The van der Waals surface area contributed by atoms with Crippen LogP contribution in [0.3, 0.4) is 0 Å². The summed E-state index contributed by atoms with van der Waals surface area (Å²) in [6, 6.07) is 0. The Balaban J connectivity index is 2.53. The molecule has 0 saturated carbocycles. The number of aliphatic hydroxyl groups is 1. The first-order chi connectivity index (χ1) is 3.91. The number of rotatable bonds is 5. The zero-order valence-corrected chi connectivity index (χ0v) is 7.97. The van der Waals surface area contributed by atoms with Crippen LogP contribution in [0, 0.1) is 0 Å². The summed E-state index contributed by atoms with van der Waals surface area (Å²) in [7, 11) is 0. The van der Waals surface area contributed by atoms with Crippen molar-refractivity contribution in [3.05, 3.63) is 0 Å². The molecule has 0 aliphatic heterocycles. The Bertz CT molecular complexity index is 36.3. The molecule has 0 heterocycles. The van der Waals surface area contributed by atoms with Crippen molar-refractivity contribution in [3.63, 3.8) is 0 Å². The standard InChI is InChI=1S/C4H9O3.Sb.2H/c5-1-3-7-4-2-6;;;/h5H,1-4H2;;;/q-1;+1;;. The summed E-state index contributed by atoms with van der Waals surface area (Å²) in [5.74, 6) is 0. The first kappa shape index (κ1) is 8.70. The van der Waals surface area contributed by atoms with E-state index in [0.29, 0.717) is 19.8 Å². The molecule has 0 spiro atoms. The predicted octanol–water partition coefficient (Wildman–Crippen LogP) is -1.44. The summed E-state index contributed by atoms with van der Waals surface area (Å²) >= 11 is 0.819. The summed E-state index contributed by atoms with van der Waals surface area (Å²) in [6.45, 7) is 1.77. The van der Waals surface area contributed by atoms with Crippen molar-refractivity contribution in [2.75, 3.05) is 26.4 Å². The molecule has 3 nitrogen and oxygen atoms in total. The van der Waals surface area contributed by atoms with E-state index >= 15 is 0 Å². The molecule has 0 saturated heterocycles. The van der Waals surface area contributed by atoms with Gasteiger partial charge in [-0.2, -0.15) is 0 Å². The van der Waals surface area contributed by atoms with E-state index in [-0.39, 0.29) is 6.61 Å². The van der Waals surface area contributed by atoms with Gasteiger partial charge in [-0.05, 0) is 0 Å². The summed E-state index contributed by atoms with van der Waals surface area (Å²) in [4.78, 5) is 0. The molecular weight excluding hydrogens is 218 g/mol. The Morgan fingerprint density at radius 1 is 1.25 bits per heavy atom. The molecule has 1 N–H and O–H groups in total. The van der Waals surface area contributed by atoms with E-state index in [0.717, 1.165) is 23.4 Å². The zero-order valence-electron chi connectivity index (χ0n) is 4.67. The molecule has 0 aliphatic carbocycles. The SMILES string of the molecule is OCCOCC[O][SbH2]. The Hall–Kier alpha value is 0.698. The molecule has 0 amide bonds. The van der Waals surface area contributed by atoms with Crippen molar-refractivity contribution in [1.29, 1.82) is 0 Å². The average molecular weight is 229 g/mol. The van der Waals surface area contributed by atoms with E-state index in [2.05, 4.69) is 0 Å². The van der Waals surface area contributed by atoms with E-state index in [1.54, 1.807) is 0 Å². The van der Waals surface area contributed by atoms with Gasteiger partial charge in [0.25, 0.3) is 0 Å². The van der Waals surface area contributed by atoms with Crippen LogP contribution in [0.25, 0.3) is 0 Å². The molecule has 0 fully saturated rings. The third-order valence-corrected chi connectivity index (χ3v) is 1.25. The van der Waals surface area contributed by atoms with E-state index in [9.17, 15) is 0 Å². The van der Waals surface area contributed by atoms with E-state index in [1.807, 2.05) is 0 Å². The van der Waals surface area contributed by atoms with Crippen molar-refractivity contribution in [2.45, 2.75) is 0 Å². The van der Waals surface area contributed by atoms with Crippen LogP contribution >= 0.6 is 0 Å². The molecular formula is C4H11O3Sb. The summed E-state index contributed by atoms with van der Waals surface area (Å²) < 4.78 is 9.68. The van der Waals surface area contributed by atoms with Gasteiger partial charge in [0.1, 0.15) is 0 Å². The third-order valence-electron chi connectivity index (χ3n) is 0.581. The number of hydrogen-bond donors (Lipinski definition) is 1. The van der Waals surface area contributed by atoms with Gasteiger partial charge in [0, 0.05) is 0 Å². The van der Waals surface area contributed by atoms with Crippen LogP contribution < -0.4 is 0 Å². The summed E-state index contributed by atoms with van der Waals surface area (Å²) in [5, 5.41) is 8.21. The third kappa shape index (κ3) is 6.70. The maximum absolute atomic E-state index is 8.21. The van der Waals surface area contributed by atoms with Gasteiger partial charge < -0.3 is 0 Å². The van der Waals surface area contributed by atoms with Crippen LogP contribution in [0.1, 0.15) is 0 Å². The first-order valence-corrected chi connectivity index (χ1v) is 3.76. The molecule has 0 radical (unpaired) electrons. The van der Waals surface area contributed by atoms with Crippen LogP contribution in [-0.2, 0) is 7.75 Å². The Kier molecular flexibility index (Phi) is 8.37. The quantitative estimate of drug-likeness (QED) is 0.463. The molecule has 0 rings (SSSR count). The fraction of sp³-hybridized carbons (Fsp3) is 1.00. The Labute approximate surface area is 63.0 Å². The van der Waals surface area contributed by atoms with Crippen LogP contribution in [0.15, 0.2) is 0 Å². The molecule has 0 atom stereocenters. The first-order valence-electron chi connectivity index (χ1n) is 2.42. The predicted molar refractivity (Wildman–Crippen MR) is 32.4 cm³/mol. The number of hydrogen-bond acceptors (Lipinski definition) is 3. The van der Waals surface area contributed by atoms with Crippen molar-refractivity contribution in [1.82, 2.24) is 0 Å². The molecule has 4 heteroatoms. The zero-order chi connectivity index (χ0) is 6.24. The molecule has 0 aromatic rings. The molecule has 8 heavy (non-hydrogen) atoms. The second kappa shape index (κ2) is 7.70. The molecule has 0 aliphatic rings. The topological polar surface area (TPSA) is 38.7 Å². The van der Waals surface area contributed by atoms with Crippen LogP contribution in [0.5, 0.6) is 0 Å². The second-order valence-corrected chi connectivity index (χ2v) is 2.16. The fourth-order valence-electron chi connectivity index (χ4n) is 0.274. The van der Waals surface area contributed by atoms with Crippen LogP contribution in [0.4, 0.5) is 0 Å². The molecule has 0 bridgehead atoms. The van der Waals surface area contributed by atoms with E-state index in [4.69, 9.17) is 12.9 Å². The van der Waals surface area contributed by atoms with Crippen molar-refractivity contribution in [3.8, 4) is 0 Å². The fourth-order valence-corrected chi connectivity index (χ4v) is 0.548. The number of aliphatic hydroxyl groups excluding tert-OH is 1. The average Bonchev–Trinajstić information content (AvgIpc) is 1.81. The van der Waals surface area contributed by atoms with Crippen LogP contribution in [0.2, 0.25) is 0 Å². The minimum absolute atomic E-state index is 0.0976. The van der Waals surface area contributed by atoms with Gasteiger partial charge >= 0.3 is 62.7 Å². The molecule has 0 aromatic carbocycles. The van der Waals surface area contributed by atoms with Gasteiger partial charge in [-0.1, -0.05) is 0 Å². The summed E-state index contributed by atoms with van der Waals surface area (Å²) in [5.41, 5.74) is 0. The van der Waals surface area contributed by atoms with Gasteiger partial charge in [-0.3, -0.25) is 0 Å². The van der Waals surface area contributed by atoms with Crippen molar-refractivity contribution >= 4 is 23.4 Å². The maximum atomic E-state index is 8.21. The Morgan fingerprint density at radius 3 is 2.50 bits per heavy atom. The van der Waals surface area contributed by atoms with Gasteiger partial charge in [0.2, 0.25) is 0 Å². The van der Waals surface area contributed by atoms with Crippen molar-refractivity contribution < 1.29 is 12.9 Å². The number of ether oxygens (including phenoxy) is 1. The van der Waals surface area contributed by atoms with Gasteiger partial charge in [0.15, 0.2) is 0 Å². The Morgan fingerprint density at radius 2 is 2.00 bits per heavy atom. The minimum atomic E-state index is 0.0976.